The van der Waals surface area contributed by atoms with Crippen LogP contribution in [0.15, 0.2) is 12.1 Å². The lowest BCUT2D eigenvalue weighted by Crippen LogP contribution is -2.41. The Bertz CT molecular complexity index is 2480. The molecule has 0 N–H and O–H groups in total. The zero-order valence-electron chi connectivity index (χ0n) is 36.0. The summed E-state index contributed by atoms with van der Waals surface area (Å²) in [6.07, 6.45) is 0. The molecule has 0 amide bonds. The second-order valence-corrected chi connectivity index (χ2v) is 17.1. The number of nitrogens with zero attached hydrogens (tertiary/aromatic N) is 1. The molecule has 0 saturated carbocycles. The van der Waals surface area contributed by atoms with E-state index < -0.39 is 5.41 Å². The van der Waals surface area contributed by atoms with E-state index in [0.29, 0.717) is 0 Å². The molecule has 274 valence electrons. The zero-order chi connectivity index (χ0) is 39.2. The molecule has 0 unspecified atom stereocenters. The molecule has 2 nitrogen and oxygen atoms in total. The van der Waals surface area contributed by atoms with Crippen LogP contribution in [0, 0.1) is 125 Å². The molecule has 2 heteroatoms. The molecule has 0 aromatic heterocycles. The minimum Gasteiger partial charge on any atom is -0.344 e. The third-order valence-corrected chi connectivity index (χ3v) is 15.2. The minimum atomic E-state index is -0.630. The molecule has 53 heavy (non-hydrogen) atoms. The lowest BCUT2D eigenvalue weighted by atomic mass is 9.58. The van der Waals surface area contributed by atoms with Crippen molar-refractivity contribution >= 4 is 17.2 Å². The summed E-state index contributed by atoms with van der Waals surface area (Å²) in [7, 11) is 2.30. The van der Waals surface area contributed by atoms with Gasteiger partial charge in [-0.05, 0) is 270 Å². The van der Waals surface area contributed by atoms with Gasteiger partial charge in [0.25, 0.3) is 0 Å². The number of anilines is 2. The molecule has 1 spiro atoms. The third kappa shape index (κ3) is 4.30. The van der Waals surface area contributed by atoms with Crippen LogP contribution < -0.4 is 4.90 Å². The molecule has 5 aromatic carbocycles. The highest BCUT2D eigenvalue weighted by atomic mass is 16.1. The monoisotopic (exact) mass is 701 g/mol. The van der Waals surface area contributed by atoms with Crippen LogP contribution in [0.1, 0.15) is 138 Å². The number of carbonyl (C=O) groups is 1. The Kier molecular flexibility index (Phi) is 8.21. The second kappa shape index (κ2) is 11.8. The number of hydrogen-bond acceptors (Lipinski definition) is 2. The molecule has 0 radical (unpaired) electrons. The van der Waals surface area contributed by atoms with Gasteiger partial charge in [-0.2, -0.15) is 0 Å². The van der Waals surface area contributed by atoms with E-state index >= 15 is 4.79 Å². The number of hydrogen-bond donors (Lipinski definition) is 0. The summed E-state index contributed by atoms with van der Waals surface area (Å²) in [5.41, 5.74) is 35.0. The maximum absolute atomic E-state index is 15.2. The highest BCUT2D eigenvalue weighted by Crippen LogP contribution is 2.68. The average molecular weight is 702 g/mol. The summed E-state index contributed by atoms with van der Waals surface area (Å²) in [5.74, 6) is 0.123. The van der Waals surface area contributed by atoms with E-state index in [1.807, 2.05) is 0 Å². The summed E-state index contributed by atoms with van der Waals surface area (Å²) >= 11 is 0. The summed E-state index contributed by atoms with van der Waals surface area (Å²) in [5, 5.41) is 0. The maximum atomic E-state index is 15.2. The molecule has 1 heterocycles. The zero-order valence-corrected chi connectivity index (χ0v) is 36.0. The van der Waals surface area contributed by atoms with Crippen LogP contribution in [-0.4, -0.2) is 12.8 Å². The van der Waals surface area contributed by atoms with Crippen molar-refractivity contribution in [3.05, 3.63) is 146 Å². The highest BCUT2D eigenvalue weighted by molar-refractivity contribution is 6.13. The Labute approximate surface area is 319 Å². The fraction of sp³-hybridized carbons (Fsp3) is 0.392. The van der Waals surface area contributed by atoms with E-state index in [-0.39, 0.29) is 5.78 Å². The summed E-state index contributed by atoms with van der Waals surface area (Å²) in [6, 6.07) is 4.36. The van der Waals surface area contributed by atoms with Crippen molar-refractivity contribution in [1.82, 2.24) is 0 Å². The van der Waals surface area contributed by atoms with Crippen LogP contribution in [-0.2, 0) is 5.41 Å². The first kappa shape index (κ1) is 36.9. The van der Waals surface area contributed by atoms with Crippen molar-refractivity contribution in [3.8, 4) is 11.1 Å². The quantitative estimate of drug-likeness (QED) is 0.168. The molecule has 0 bridgehead atoms. The van der Waals surface area contributed by atoms with E-state index in [9.17, 15) is 0 Å². The number of ketones is 1. The lowest BCUT2D eigenvalue weighted by Gasteiger charge is -2.49. The van der Waals surface area contributed by atoms with Gasteiger partial charge in [0.2, 0.25) is 0 Å². The Morgan fingerprint density at radius 3 is 1.23 bits per heavy atom. The smallest absolute Gasteiger partial charge is 0.193 e. The first-order valence-corrected chi connectivity index (χ1v) is 19.5. The number of benzene rings is 5. The van der Waals surface area contributed by atoms with Crippen LogP contribution in [0.5, 0.6) is 0 Å². The van der Waals surface area contributed by atoms with Gasteiger partial charge in [-0.3, -0.25) is 4.79 Å². The third-order valence-electron chi connectivity index (χ3n) is 15.2. The normalized spacial score (nSPS) is 13.8. The van der Waals surface area contributed by atoms with E-state index in [4.69, 9.17) is 0 Å². The first-order chi connectivity index (χ1) is 24.7. The van der Waals surface area contributed by atoms with Crippen LogP contribution in [0.4, 0.5) is 11.4 Å². The predicted molar refractivity (Wildman–Crippen MR) is 227 cm³/mol. The van der Waals surface area contributed by atoms with E-state index in [1.54, 1.807) is 0 Å². The lowest BCUT2D eigenvalue weighted by molar-refractivity contribution is 0.103. The number of carbonyl (C=O) groups excluding carboxylic acids is 1. The van der Waals surface area contributed by atoms with Gasteiger partial charge in [-0.15, -0.1) is 0 Å². The maximum Gasteiger partial charge on any atom is 0.193 e. The van der Waals surface area contributed by atoms with Crippen LogP contribution in [0.3, 0.4) is 0 Å². The first-order valence-electron chi connectivity index (χ1n) is 19.5. The molecule has 7 rings (SSSR count). The predicted octanol–water partition coefficient (Wildman–Crippen LogP) is 12.9. The molecule has 0 saturated heterocycles. The van der Waals surface area contributed by atoms with Crippen LogP contribution in [0.25, 0.3) is 11.1 Å². The highest BCUT2D eigenvalue weighted by Gasteiger charge is 2.57. The van der Waals surface area contributed by atoms with E-state index in [1.165, 1.54) is 134 Å². The molecular formula is C51H59NO. The van der Waals surface area contributed by atoms with Gasteiger partial charge in [0.15, 0.2) is 5.78 Å². The van der Waals surface area contributed by atoms with Crippen molar-refractivity contribution in [2.75, 3.05) is 11.9 Å². The molecule has 1 aliphatic heterocycles. The second-order valence-electron chi connectivity index (χ2n) is 17.1. The number of fused-ring (bicyclic) bond motifs is 9. The van der Waals surface area contributed by atoms with Gasteiger partial charge in [-0.25, -0.2) is 0 Å². The Morgan fingerprint density at radius 2 is 0.736 bits per heavy atom. The molecule has 5 aromatic rings. The van der Waals surface area contributed by atoms with Crippen molar-refractivity contribution < 1.29 is 4.79 Å². The molecule has 2 aliphatic rings. The fourth-order valence-electron chi connectivity index (χ4n) is 10.8. The summed E-state index contributed by atoms with van der Waals surface area (Å²) < 4.78 is 0. The Balaban J connectivity index is 1.83. The van der Waals surface area contributed by atoms with Crippen molar-refractivity contribution in [2.24, 2.45) is 0 Å². The molecule has 0 atom stereocenters. The van der Waals surface area contributed by atoms with E-state index in [0.717, 1.165) is 22.3 Å². The van der Waals surface area contributed by atoms with Gasteiger partial charge in [0.1, 0.15) is 0 Å². The molecule has 0 fully saturated rings. The number of aryl methyl sites for hydroxylation is 2. The average Bonchev–Trinajstić information content (AvgIpc) is 3.44. The molecule has 1 aliphatic carbocycles. The van der Waals surface area contributed by atoms with Gasteiger partial charge >= 0.3 is 0 Å². The standard InChI is InChI=1S/C51H59NO/c1-22-20-40(32(11)25(4)24(22)3)50(53)41-21-23(2)42-43-33(12)26(5)27(6)34(13)44(43)51(45(42)39(41)18)46-35(14)28(7)30(9)37(16)48(46)52(19)49-38(17)31(10)29(8)36(15)47(49)51/h20-21H,1-19H3. The Hall–Kier alpha value is -4.43. The fourth-order valence-corrected chi connectivity index (χ4v) is 10.8. The van der Waals surface area contributed by atoms with Crippen molar-refractivity contribution in [3.63, 3.8) is 0 Å². The Morgan fingerprint density at radius 1 is 0.377 bits per heavy atom. The van der Waals surface area contributed by atoms with Gasteiger partial charge in [-0.1, -0.05) is 0 Å². The van der Waals surface area contributed by atoms with Gasteiger partial charge in [0.05, 0.1) is 5.41 Å². The topological polar surface area (TPSA) is 20.3 Å². The van der Waals surface area contributed by atoms with Gasteiger partial charge < -0.3 is 4.90 Å². The van der Waals surface area contributed by atoms with Crippen molar-refractivity contribution in [1.29, 1.82) is 0 Å². The van der Waals surface area contributed by atoms with Crippen LogP contribution in [0.2, 0.25) is 0 Å². The van der Waals surface area contributed by atoms with Crippen LogP contribution >= 0.6 is 0 Å². The van der Waals surface area contributed by atoms with E-state index in [2.05, 4.69) is 149 Å². The van der Waals surface area contributed by atoms with Crippen molar-refractivity contribution in [2.45, 2.75) is 130 Å². The summed E-state index contributed by atoms with van der Waals surface area (Å²) in [6.45, 7) is 41.1. The minimum absolute atomic E-state index is 0.123. The molecular weight excluding hydrogens is 643 g/mol. The largest absolute Gasteiger partial charge is 0.344 e. The summed E-state index contributed by atoms with van der Waals surface area (Å²) in [4.78, 5) is 17.7. The SMILES string of the molecule is Cc1cc(C(=O)c2cc(C)c3c(c2C)C2(c4c(C)c(C)c(C)c(C)c4-3)c3c(C)c(C)c(C)c(C)c3N(C)c3c(C)c(C)c(C)c(C)c32)c(C)c(C)c1C. The number of rotatable bonds is 2. The van der Waals surface area contributed by atoms with Gasteiger partial charge in [0, 0.05) is 29.5 Å².